The first-order valence-electron chi connectivity index (χ1n) is 8.19. The highest BCUT2D eigenvalue weighted by Gasteiger charge is 2.19. The Morgan fingerprint density at radius 1 is 1.25 bits per heavy atom. The minimum Gasteiger partial charge on any atom is -0.356 e. The predicted octanol–water partition coefficient (Wildman–Crippen LogP) is 3.41. The summed E-state index contributed by atoms with van der Waals surface area (Å²) in [5.41, 5.74) is 0.395. The third kappa shape index (κ3) is 3.69. The minimum atomic E-state index is -0.470. The van der Waals surface area contributed by atoms with Gasteiger partial charge in [-0.3, -0.25) is 4.79 Å². The predicted molar refractivity (Wildman–Crippen MR) is 91.7 cm³/mol. The molecule has 1 aliphatic rings. The number of nitrogens with zero attached hydrogens (tertiary/aromatic N) is 3. The zero-order valence-electron chi connectivity index (χ0n) is 13.9. The molecule has 0 atom stereocenters. The highest BCUT2D eigenvalue weighted by atomic mass is 19.1. The van der Waals surface area contributed by atoms with E-state index in [1.54, 1.807) is 25.1 Å². The van der Waals surface area contributed by atoms with E-state index >= 15 is 0 Å². The van der Waals surface area contributed by atoms with Gasteiger partial charge in [0.15, 0.2) is 0 Å². The Balaban J connectivity index is 1.80. The number of para-hydroxylation sites is 1. The van der Waals surface area contributed by atoms with Gasteiger partial charge in [0.1, 0.15) is 23.2 Å². The van der Waals surface area contributed by atoms with Crippen molar-refractivity contribution in [3.63, 3.8) is 0 Å². The summed E-state index contributed by atoms with van der Waals surface area (Å²) in [6, 6.07) is 7.76. The van der Waals surface area contributed by atoms with Crippen LogP contribution in [0, 0.1) is 18.7 Å². The van der Waals surface area contributed by atoms with Crippen molar-refractivity contribution in [1.29, 1.82) is 0 Å². The van der Waals surface area contributed by atoms with Gasteiger partial charge in [-0.1, -0.05) is 19.1 Å². The molecule has 3 rings (SSSR count). The van der Waals surface area contributed by atoms with Gasteiger partial charge >= 0.3 is 0 Å². The average molecular weight is 328 g/mol. The second-order valence-corrected chi connectivity index (χ2v) is 6.26. The number of amides is 1. The lowest BCUT2D eigenvalue weighted by Crippen LogP contribution is -2.34. The first-order valence-corrected chi connectivity index (χ1v) is 8.19. The third-order valence-corrected chi connectivity index (χ3v) is 4.29. The van der Waals surface area contributed by atoms with E-state index in [0.717, 1.165) is 31.7 Å². The first-order chi connectivity index (χ1) is 11.5. The van der Waals surface area contributed by atoms with Gasteiger partial charge in [-0.15, -0.1) is 0 Å². The van der Waals surface area contributed by atoms with E-state index in [0.29, 0.717) is 11.7 Å². The van der Waals surface area contributed by atoms with Crippen molar-refractivity contribution in [1.82, 2.24) is 9.97 Å². The van der Waals surface area contributed by atoms with Gasteiger partial charge in [0.25, 0.3) is 5.91 Å². The molecule has 1 aromatic heterocycles. The second-order valence-electron chi connectivity index (χ2n) is 6.26. The Bertz CT molecular complexity index is 742. The van der Waals surface area contributed by atoms with E-state index in [-0.39, 0.29) is 11.4 Å². The Kier molecular flexibility index (Phi) is 4.74. The first kappa shape index (κ1) is 16.4. The van der Waals surface area contributed by atoms with E-state index in [1.165, 1.54) is 12.1 Å². The monoisotopic (exact) mass is 328 g/mol. The molecule has 6 heteroatoms. The largest absolute Gasteiger partial charge is 0.356 e. The highest BCUT2D eigenvalue weighted by molar-refractivity contribution is 6.03. The topological polar surface area (TPSA) is 58.1 Å². The normalized spacial score (nSPS) is 15.4. The highest BCUT2D eigenvalue weighted by Crippen LogP contribution is 2.22. The Hall–Kier alpha value is -2.50. The molecular weight excluding hydrogens is 307 g/mol. The molecule has 0 bridgehead atoms. The third-order valence-electron chi connectivity index (χ3n) is 4.29. The fraction of sp³-hybridized carbons (Fsp3) is 0.389. The SMILES string of the molecule is Cc1nc(C(=O)Nc2ccccc2F)cc(N2CCC(C)CC2)n1. The standard InChI is InChI=1S/C18H21FN4O/c1-12-7-9-23(10-8-12)17-11-16(20-13(2)21-17)18(24)22-15-6-4-3-5-14(15)19/h3-6,11-12H,7-10H2,1-2H3,(H,22,24). The average Bonchev–Trinajstić information content (AvgIpc) is 2.57. The van der Waals surface area contributed by atoms with Crippen LogP contribution in [0.5, 0.6) is 0 Å². The molecule has 0 aliphatic carbocycles. The van der Waals surface area contributed by atoms with Crippen LogP contribution in [0.4, 0.5) is 15.9 Å². The molecule has 0 saturated carbocycles. The number of nitrogens with one attached hydrogen (secondary N) is 1. The fourth-order valence-corrected chi connectivity index (χ4v) is 2.82. The molecule has 126 valence electrons. The smallest absolute Gasteiger partial charge is 0.274 e. The summed E-state index contributed by atoms with van der Waals surface area (Å²) in [5.74, 6) is 1.10. The van der Waals surface area contributed by atoms with Crippen molar-refractivity contribution in [2.75, 3.05) is 23.3 Å². The molecular formula is C18H21FN4O. The number of hydrogen-bond acceptors (Lipinski definition) is 4. The second kappa shape index (κ2) is 6.95. The minimum absolute atomic E-state index is 0.145. The number of piperidine rings is 1. The van der Waals surface area contributed by atoms with Crippen LogP contribution in [0.3, 0.4) is 0 Å². The number of rotatable bonds is 3. The number of anilines is 2. The number of halogens is 1. The zero-order valence-corrected chi connectivity index (χ0v) is 13.9. The van der Waals surface area contributed by atoms with E-state index in [9.17, 15) is 9.18 Å². The van der Waals surface area contributed by atoms with E-state index in [1.807, 2.05) is 0 Å². The fourth-order valence-electron chi connectivity index (χ4n) is 2.82. The van der Waals surface area contributed by atoms with Gasteiger partial charge in [0.2, 0.25) is 0 Å². The van der Waals surface area contributed by atoms with Crippen molar-refractivity contribution in [3.05, 3.63) is 47.7 Å². The maximum absolute atomic E-state index is 13.7. The van der Waals surface area contributed by atoms with Crippen LogP contribution in [0.15, 0.2) is 30.3 Å². The molecule has 1 amide bonds. The summed E-state index contributed by atoms with van der Waals surface area (Å²) < 4.78 is 13.7. The van der Waals surface area contributed by atoms with Crippen LogP contribution in [0.1, 0.15) is 36.1 Å². The number of aryl methyl sites for hydroxylation is 1. The van der Waals surface area contributed by atoms with Crippen LogP contribution in [-0.2, 0) is 0 Å². The van der Waals surface area contributed by atoms with E-state index in [4.69, 9.17) is 0 Å². The van der Waals surface area contributed by atoms with E-state index in [2.05, 4.69) is 27.1 Å². The van der Waals surface area contributed by atoms with Crippen LogP contribution in [0.2, 0.25) is 0 Å². The number of carbonyl (C=O) groups is 1. The number of benzene rings is 1. The number of aromatic nitrogens is 2. The van der Waals surface area contributed by atoms with Crippen LogP contribution in [0.25, 0.3) is 0 Å². The Labute approximate surface area is 140 Å². The molecule has 5 nitrogen and oxygen atoms in total. The molecule has 1 aromatic carbocycles. The summed E-state index contributed by atoms with van der Waals surface area (Å²) >= 11 is 0. The van der Waals surface area contributed by atoms with Gasteiger partial charge in [0, 0.05) is 19.2 Å². The maximum atomic E-state index is 13.7. The Morgan fingerprint density at radius 2 is 1.96 bits per heavy atom. The zero-order chi connectivity index (χ0) is 17.1. The van der Waals surface area contributed by atoms with Gasteiger partial charge in [0.05, 0.1) is 5.69 Å². The molecule has 24 heavy (non-hydrogen) atoms. The van der Waals surface area contributed by atoms with Crippen molar-refractivity contribution in [2.24, 2.45) is 5.92 Å². The van der Waals surface area contributed by atoms with Crippen LogP contribution in [-0.4, -0.2) is 29.0 Å². The molecule has 1 N–H and O–H groups in total. The summed E-state index contributed by atoms with van der Waals surface area (Å²) in [6.07, 6.45) is 2.22. The van der Waals surface area contributed by atoms with Gasteiger partial charge in [-0.2, -0.15) is 0 Å². The lowest BCUT2D eigenvalue weighted by atomic mass is 9.99. The molecule has 0 radical (unpaired) electrons. The summed E-state index contributed by atoms with van der Waals surface area (Å²) in [7, 11) is 0. The van der Waals surface area contributed by atoms with E-state index < -0.39 is 11.7 Å². The molecule has 1 aliphatic heterocycles. The summed E-state index contributed by atoms with van der Waals surface area (Å²) in [4.78, 5) is 23.2. The quantitative estimate of drug-likeness (QED) is 0.938. The Morgan fingerprint density at radius 3 is 2.67 bits per heavy atom. The lowest BCUT2D eigenvalue weighted by Gasteiger charge is -2.31. The molecule has 2 heterocycles. The van der Waals surface area contributed by atoms with Crippen molar-refractivity contribution < 1.29 is 9.18 Å². The summed E-state index contributed by atoms with van der Waals surface area (Å²) in [6.45, 7) is 5.85. The van der Waals surface area contributed by atoms with Crippen molar-refractivity contribution in [2.45, 2.75) is 26.7 Å². The van der Waals surface area contributed by atoms with Crippen LogP contribution >= 0.6 is 0 Å². The number of hydrogen-bond donors (Lipinski definition) is 1. The van der Waals surface area contributed by atoms with Crippen molar-refractivity contribution >= 4 is 17.4 Å². The lowest BCUT2D eigenvalue weighted by molar-refractivity contribution is 0.102. The molecule has 0 unspecified atom stereocenters. The molecule has 2 aromatic rings. The van der Waals surface area contributed by atoms with Gasteiger partial charge in [-0.25, -0.2) is 14.4 Å². The maximum Gasteiger partial charge on any atom is 0.274 e. The van der Waals surface area contributed by atoms with Crippen molar-refractivity contribution in [3.8, 4) is 0 Å². The van der Waals surface area contributed by atoms with Gasteiger partial charge in [-0.05, 0) is 37.8 Å². The van der Waals surface area contributed by atoms with Gasteiger partial charge < -0.3 is 10.2 Å². The van der Waals surface area contributed by atoms with Crippen LogP contribution < -0.4 is 10.2 Å². The molecule has 0 spiro atoms. The molecule has 1 saturated heterocycles. The number of carbonyl (C=O) groups excluding carboxylic acids is 1. The molecule has 1 fully saturated rings. The summed E-state index contributed by atoms with van der Waals surface area (Å²) in [5, 5.41) is 2.57.